The maximum Gasteiger partial charge on any atom is 0.375 e. The van der Waals surface area contributed by atoms with Gasteiger partial charge in [-0.3, -0.25) is 0 Å². The number of methoxy groups -OCH3 is 1. The Morgan fingerprint density at radius 3 is 2.17 bits per heavy atom. The molecule has 0 amide bonds. The second kappa shape index (κ2) is 11.7. The highest BCUT2D eigenvalue weighted by atomic mass is 32.2. The summed E-state index contributed by atoms with van der Waals surface area (Å²) < 4.78 is 44.4. The van der Waals surface area contributed by atoms with E-state index in [0.29, 0.717) is 5.75 Å². The predicted octanol–water partition coefficient (Wildman–Crippen LogP) is 4.42. The second-order valence-electron chi connectivity index (χ2n) is 9.49. The molecule has 40 heavy (non-hydrogen) atoms. The number of benzene rings is 2. The van der Waals surface area contributed by atoms with Gasteiger partial charge in [-0.2, -0.15) is 13.4 Å². The van der Waals surface area contributed by atoms with Crippen LogP contribution in [0, 0.1) is 0 Å². The van der Waals surface area contributed by atoms with Gasteiger partial charge in [0.25, 0.3) is 11.6 Å². The Balaban J connectivity index is 1.92. The van der Waals surface area contributed by atoms with Crippen LogP contribution in [0.4, 0.5) is 5.82 Å². The molecule has 0 saturated heterocycles. The first kappa shape index (κ1) is 28.5. The molecule has 2 aromatic carbocycles. The van der Waals surface area contributed by atoms with Crippen LogP contribution in [0.2, 0.25) is 0 Å². The van der Waals surface area contributed by atoms with E-state index in [1.165, 1.54) is 31.6 Å². The molecule has 12 nitrogen and oxygen atoms in total. The molecule has 2 N–H and O–H groups in total. The van der Waals surface area contributed by atoms with Gasteiger partial charge in [-0.15, -0.1) is 0 Å². The highest BCUT2D eigenvalue weighted by Crippen LogP contribution is 2.43. The number of para-hydroxylation sites is 2. The molecule has 2 aromatic heterocycles. The van der Waals surface area contributed by atoms with Crippen molar-refractivity contribution in [1.29, 1.82) is 0 Å². The Morgan fingerprint density at radius 1 is 0.925 bits per heavy atom. The van der Waals surface area contributed by atoms with Crippen LogP contribution in [-0.2, 0) is 15.4 Å². The minimum Gasteiger partial charge on any atom is -0.594 e. The molecule has 2 heterocycles. The first-order chi connectivity index (χ1) is 19.1. The fourth-order valence-electron chi connectivity index (χ4n) is 3.56. The molecule has 4 rings (SSSR count). The first-order valence-electron chi connectivity index (χ1n) is 12.2. The van der Waals surface area contributed by atoms with Crippen molar-refractivity contribution in [2.75, 3.05) is 20.3 Å². The topological polar surface area (TPSA) is 165 Å². The third-order valence-corrected chi connectivity index (χ3v) is 7.14. The van der Waals surface area contributed by atoms with Gasteiger partial charge in [0, 0.05) is 18.9 Å². The van der Waals surface area contributed by atoms with Crippen molar-refractivity contribution < 1.29 is 26.7 Å². The minimum absolute atomic E-state index is 0.000267. The lowest BCUT2D eigenvalue weighted by molar-refractivity contribution is -0.293. The van der Waals surface area contributed by atoms with Crippen LogP contribution in [0.3, 0.4) is 0 Å². The summed E-state index contributed by atoms with van der Waals surface area (Å²) in [5.74, 6) is -0.556. The quantitative estimate of drug-likeness (QED) is 0.216. The summed E-state index contributed by atoms with van der Waals surface area (Å²) in [5, 5.41) is 0. The molecule has 0 atom stereocenters. The van der Waals surface area contributed by atoms with Gasteiger partial charge in [0.1, 0.15) is 11.5 Å². The molecular formula is C27H29N7O5S. The smallest absolute Gasteiger partial charge is 0.375 e. The molecule has 208 valence electrons. The van der Waals surface area contributed by atoms with Gasteiger partial charge in [-0.05, 0) is 46.3 Å². The summed E-state index contributed by atoms with van der Waals surface area (Å²) in [6.45, 7) is 6.14. The predicted molar refractivity (Wildman–Crippen MR) is 146 cm³/mol. The first-order valence-corrected chi connectivity index (χ1v) is 13.7. The van der Waals surface area contributed by atoms with E-state index in [1.54, 1.807) is 42.5 Å². The summed E-state index contributed by atoms with van der Waals surface area (Å²) >= 11 is 0. The summed E-state index contributed by atoms with van der Waals surface area (Å²) in [4.78, 5) is 16.8. The molecule has 4 aromatic rings. The number of aromatic nitrogens is 4. The molecule has 0 fully saturated rings. The molecule has 0 radical (unpaired) electrons. The van der Waals surface area contributed by atoms with Crippen molar-refractivity contribution in [3.63, 3.8) is 0 Å². The Hall–Kier alpha value is -4.49. The number of sulfonamides is 1. The Kier molecular flexibility index (Phi) is 8.35. The number of nitrogens with zero attached hydrogens (tertiary/aromatic N) is 6. The third-order valence-electron chi connectivity index (χ3n) is 5.65. The molecule has 0 bridgehead atoms. The summed E-state index contributed by atoms with van der Waals surface area (Å²) in [6, 6.07) is 14.4. The largest absolute Gasteiger partial charge is 0.594 e. The van der Waals surface area contributed by atoms with E-state index < -0.39 is 15.8 Å². The molecule has 0 unspecified atom stereocenters. The highest BCUT2D eigenvalue weighted by molar-refractivity contribution is 7.85. The maximum atomic E-state index is 13.6. The van der Waals surface area contributed by atoms with Gasteiger partial charge in [-0.1, -0.05) is 45.0 Å². The van der Waals surface area contributed by atoms with Crippen LogP contribution in [0.5, 0.6) is 23.1 Å². The van der Waals surface area contributed by atoms with Crippen molar-refractivity contribution in [2.24, 2.45) is 5.73 Å². The lowest BCUT2D eigenvalue weighted by Gasteiger charge is -2.19. The van der Waals surface area contributed by atoms with Crippen LogP contribution < -0.4 is 19.9 Å². The van der Waals surface area contributed by atoms with Crippen LogP contribution in [0.1, 0.15) is 26.3 Å². The molecular weight excluding hydrogens is 534 g/mol. The summed E-state index contributed by atoms with van der Waals surface area (Å²) in [5.41, 5.74) is 17.6. The van der Waals surface area contributed by atoms with Gasteiger partial charge in [0.15, 0.2) is 11.5 Å². The van der Waals surface area contributed by atoms with Crippen molar-refractivity contribution in [3.8, 4) is 34.8 Å². The molecule has 13 heteroatoms. The summed E-state index contributed by atoms with van der Waals surface area (Å²) in [7, 11) is -3.10. The van der Waals surface area contributed by atoms with Crippen LogP contribution >= 0.6 is 0 Å². The minimum atomic E-state index is -4.55. The fraction of sp³-hybridized carbons (Fsp3) is 0.259. The zero-order chi connectivity index (χ0) is 28.9. The maximum absolute atomic E-state index is 13.6. The fourth-order valence-corrected chi connectivity index (χ4v) is 4.59. The van der Waals surface area contributed by atoms with Crippen LogP contribution in [-0.4, -0.2) is 52.7 Å². The molecule has 0 spiro atoms. The zero-order valence-corrected chi connectivity index (χ0v) is 23.3. The van der Waals surface area contributed by atoms with Crippen LogP contribution in [0.15, 0.2) is 71.9 Å². The molecule has 0 aliphatic rings. The van der Waals surface area contributed by atoms with E-state index in [9.17, 15) is 13.9 Å². The van der Waals surface area contributed by atoms with E-state index >= 15 is 0 Å². The van der Waals surface area contributed by atoms with Gasteiger partial charge < -0.3 is 25.5 Å². The SMILES string of the molecule is COc1ccccc1Oc1c(OCCN)nc(-c2ncccn2)nc1[N+](=[N-])S(=O)(=O)c1ccc(C(C)(C)C)cc1. The Labute approximate surface area is 232 Å². The normalized spacial score (nSPS) is 11.6. The second-order valence-corrected chi connectivity index (χ2v) is 11.3. The van der Waals surface area contributed by atoms with Crippen molar-refractivity contribution >= 4 is 15.8 Å². The van der Waals surface area contributed by atoms with Crippen molar-refractivity contribution in [2.45, 2.75) is 31.1 Å². The van der Waals surface area contributed by atoms with E-state index in [0.717, 1.165) is 5.56 Å². The van der Waals surface area contributed by atoms with E-state index in [1.807, 2.05) is 20.8 Å². The number of ether oxygens (including phenoxy) is 3. The average Bonchev–Trinajstić information content (AvgIpc) is 2.96. The van der Waals surface area contributed by atoms with E-state index in [4.69, 9.17) is 19.9 Å². The Morgan fingerprint density at radius 2 is 1.57 bits per heavy atom. The molecule has 0 saturated carbocycles. The average molecular weight is 564 g/mol. The summed E-state index contributed by atoms with van der Waals surface area (Å²) in [6.07, 6.45) is 2.94. The Bertz CT molecular complexity index is 1610. The van der Waals surface area contributed by atoms with Gasteiger partial charge >= 0.3 is 21.7 Å². The lowest BCUT2D eigenvalue weighted by atomic mass is 9.87. The monoisotopic (exact) mass is 563 g/mol. The van der Waals surface area contributed by atoms with Gasteiger partial charge in [0.2, 0.25) is 5.82 Å². The van der Waals surface area contributed by atoms with Crippen molar-refractivity contribution in [3.05, 3.63) is 78.1 Å². The van der Waals surface area contributed by atoms with E-state index in [2.05, 4.69) is 19.9 Å². The number of rotatable bonds is 10. The highest BCUT2D eigenvalue weighted by Gasteiger charge is 2.34. The zero-order valence-electron chi connectivity index (χ0n) is 22.5. The lowest BCUT2D eigenvalue weighted by Crippen LogP contribution is -2.18. The van der Waals surface area contributed by atoms with Gasteiger partial charge in [-0.25, -0.2) is 14.1 Å². The van der Waals surface area contributed by atoms with Crippen LogP contribution in [0.25, 0.3) is 17.2 Å². The standard InChI is InChI=1S/C27H29N7O5S/c1-27(2,3)18-10-12-19(13-11-18)40(35,36)34(29)25-22(39-21-9-6-5-8-20(21)37-4)26(38-17-14-28)33-24(32-25)23-30-15-7-16-31-23/h5-13,15-16H,14,17,28H2,1-4H3. The van der Waals surface area contributed by atoms with Gasteiger partial charge in [0.05, 0.1) is 7.11 Å². The molecule has 0 aliphatic heterocycles. The number of nitrogens with two attached hydrogens (primary N) is 1. The van der Waals surface area contributed by atoms with E-state index in [-0.39, 0.29) is 56.6 Å². The molecule has 0 aliphatic carbocycles. The third kappa shape index (κ3) is 6.05. The number of hydrogen-bond donors (Lipinski definition) is 1. The number of hydrogen-bond acceptors (Lipinski definition) is 10. The van der Waals surface area contributed by atoms with Crippen molar-refractivity contribution in [1.82, 2.24) is 19.9 Å².